The molecule has 3 N–H and O–H groups in total. The SMILES string of the molecule is CC1CCC(CNc2ccc(-c3cc(=O)[nH][nH]3)cc2)CC1. The molecule has 1 heterocycles. The van der Waals surface area contributed by atoms with Crippen molar-refractivity contribution in [2.45, 2.75) is 32.6 Å². The number of benzene rings is 1. The Hall–Kier alpha value is -1.97. The van der Waals surface area contributed by atoms with E-state index in [1.165, 1.54) is 25.7 Å². The summed E-state index contributed by atoms with van der Waals surface area (Å²) in [5.74, 6) is 1.71. The highest BCUT2D eigenvalue weighted by Crippen LogP contribution is 2.28. The first kappa shape index (κ1) is 14.0. The number of aromatic amines is 2. The zero-order valence-corrected chi connectivity index (χ0v) is 12.5. The minimum absolute atomic E-state index is 0.0984. The summed E-state index contributed by atoms with van der Waals surface area (Å²) in [5.41, 5.74) is 2.90. The van der Waals surface area contributed by atoms with Gasteiger partial charge in [-0.05, 0) is 42.4 Å². The molecular weight excluding hydrogens is 262 g/mol. The summed E-state index contributed by atoms with van der Waals surface area (Å²) in [5, 5.41) is 8.96. The van der Waals surface area contributed by atoms with Crippen LogP contribution in [-0.2, 0) is 0 Å². The third-order valence-corrected chi connectivity index (χ3v) is 4.52. The van der Waals surface area contributed by atoms with Crippen molar-refractivity contribution in [2.24, 2.45) is 11.8 Å². The molecule has 0 saturated heterocycles. The summed E-state index contributed by atoms with van der Waals surface area (Å²) >= 11 is 0. The zero-order chi connectivity index (χ0) is 14.7. The molecule has 1 aromatic carbocycles. The first-order valence-electron chi connectivity index (χ1n) is 7.82. The molecule has 1 aromatic heterocycles. The monoisotopic (exact) mass is 285 g/mol. The van der Waals surface area contributed by atoms with Crippen LogP contribution < -0.4 is 10.9 Å². The molecule has 0 amide bonds. The van der Waals surface area contributed by atoms with Crippen molar-refractivity contribution >= 4 is 5.69 Å². The van der Waals surface area contributed by atoms with Gasteiger partial charge in [0.25, 0.3) is 5.56 Å². The molecule has 0 radical (unpaired) electrons. The predicted molar refractivity (Wildman–Crippen MR) is 86.5 cm³/mol. The molecule has 1 aliphatic carbocycles. The minimum atomic E-state index is -0.0984. The molecule has 4 nitrogen and oxygen atoms in total. The average molecular weight is 285 g/mol. The van der Waals surface area contributed by atoms with Crippen LogP contribution in [0.2, 0.25) is 0 Å². The van der Waals surface area contributed by atoms with Gasteiger partial charge in [-0.3, -0.25) is 15.0 Å². The molecule has 1 saturated carbocycles. The maximum atomic E-state index is 11.1. The molecular formula is C17H23N3O. The molecule has 0 spiro atoms. The van der Waals surface area contributed by atoms with Crippen molar-refractivity contribution in [1.29, 1.82) is 0 Å². The molecule has 0 bridgehead atoms. The fourth-order valence-electron chi connectivity index (χ4n) is 3.05. The van der Waals surface area contributed by atoms with Gasteiger partial charge in [-0.2, -0.15) is 0 Å². The van der Waals surface area contributed by atoms with E-state index in [0.717, 1.165) is 35.3 Å². The largest absolute Gasteiger partial charge is 0.385 e. The highest BCUT2D eigenvalue weighted by molar-refractivity contribution is 5.62. The van der Waals surface area contributed by atoms with E-state index in [1.807, 2.05) is 12.1 Å². The van der Waals surface area contributed by atoms with Crippen LogP contribution in [0.5, 0.6) is 0 Å². The maximum absolute atomic E-state index is 11.1. The van der Waals surface area contributed by atoms with E-state index in [2.05, 4.69) is 34.6 Å². The number of hydrogen-bond acceptors (Lipinski definition) is 2. The van der Waals surface area contributed by atoms with Crippen LogP contribution in [0.1, 0.15) is 32.6 Å². The second-order valence-corrected chi connectivity index (χ2v) is 6.26. The summed E-state index contributed by atoms with van der Waals surface area (Å²) < 4.78 is 0. The van der Waals surface area contributed by atoms with Crippen LogP contribution in [0.4, 0.5) is 5.69 Å². The van der Waals surface area contributed by atoms with Crippen LogP contribution in [0.15, 0.2) is 35.1 Å². The predicted octanol–water partition coefficient (Wildman–Crippen LogP) is 3.61. The highest BCUT2D eigenvalue weighted by atomic mass is 16.1. The molecule has 0 atom stereocenters. The highest BCUT2D eigenvalue weighted by Gasteiger charge is 2.17. The lowest BCUT2D eigenvalue weighted by Gasteiger charge is -2.26. The Morgan fingerprint density at radius 3 is 2.43 bits per heavy atom. The number of hydrogen-bond donors (Lipinski definition) is 3. The van der Waals surface area contributed by atoms with Crippen molar-refractivity contribution in [3.8, 4) is 11.3 Å². The lowest BCUT2D eigenvalue weighted by molar-refractivity contribution is 0.300. The van der Waals surface area contributed by atoms with E-state index in [9.17, 15) is 4.79 Å². The summed E-state index contributed by atoms with van der Waals surface area (Å²) in [6.07, 6.45) is 5.42. The van der Waals surface area contributed by atoms with Crippen molar-refractivity contribution < 1.29 is 0 Å². The number of H-pyrrole nitrogens is 2. The molecule has 0 unspecified atom stereocenters. The Kier molecular flexibility index (Phi) is 4.13. The summed E-state index contributed by atoms with van der Waals surface area (Å²) in [6.45, 7) is 3.42. The molecule has 1 fully saturated rings. The van der Waals surface area contributed by atoms with Crippen LogP contribution in [-0.4, -0.2) is 16.7 Å². The fraction of sp³-hybridized carbons (Fsp3) is 0.471. The van der Waals surface area contributed by atoms with Crippen molar-refractivity contribution in [3.05, 3.63) is 40.7 Å². The molecule has 112 valence electrons. The minimum Gasteiger partial charge on any atom is -0.385 e. The third kappa shape index (κ3) is 3.57. The molecule has 21 heavy (non-hydrogen) atoms. The summed E-state index contributed by atoms with van der Waals surface area (Å²) in [4.78, 5) is 11.1. The maximum Gasteiger partial charge on any atom is 0.264 e. The van der Waals surface area contributed by atoms with Gasteiger partial charge in [0.1, 0.15) is 0 Å². The first-order valence-corrected chi connectivity index (χ1v) is 7.82. The van der Waals surface area contributed by atoms with E-state index in [-0.39, 0.29) is 5.56 Å². The zero-order valence-electron chi connectivity index (χ0n) is 12.5. The number of aromatic nitrogens is 2. The van der Waals surface area contributed by atoms with Gasteiger partial charge < -0.3 is 5.32 Å². The van der Waals surface area contributed by atoms with Crippen LogP contribution in [0.3, 0.4) is 0 Å². The van der Waals surface area contributed by atoms with E-state index < -0.39 is 0 Å². The van der Waals surface area contributed by atoms with Crippen molar-refractivity contribution in [1.82, 2.24) is 10.2 Å². The molecule has 0 aliphatic heterocycles. The van der Waals surface area contributed by atoms with Gasteiger partial charge >= 0.3 is 0 Å². The molecule has 4 heteroatoms. The first-order chi connectivity index (χ1) is 10.2. The Balaban J connectivity index is 1.56. The van der Waals surface area contributed by atoms with Crippen LogP contribution in [0, 0.1) is 11.8 Å². The average Bonchev–Trinajstić information content (AvgIpc) is 2.94. The quantitative estimate of drug-likeness (QED) is 0.803. The van der Waals surface area contributed by atoms with Gasteiger partial charge in [0, 0.05) is 18.3 Å². The standard InChI is InChI=1S/C17H23N3O/c1-12-2-4-13(5-3-12)11-18-15-8-6-14(7-9-15)16-10-17(21)20-19-16/h6-10,12-13,18H,2-5,11H2,1H3,(H2,19,20,21). The van der Waals surface area contributed by atoms with Gasteiger partial charge in [0.15, 0.2) is 0 Å². The lowest BCUT2D eigenvalue weighted by atomic mass is 9.83. The van der Waals surface area contributed by atoms with Crippen molar-refractivity contribution in [3.63, 3.8) is 0 Å². The molecule has 3 rings (SSSR count). The summed E-state index contributed by atoms with van der Waals surface area (Å²) in [6, 6.07) is 9.79. The van der Waals surface area contributed by atoms with Crippen LogP contribution in [0.25, 0.3) is 11.3 Å². The van der Waals surface area contributed by atoms with E-state index in [4.69, 9.17) is 0 Å². The van der Waals surface area contributed by atoms with Gasteiger partial charge in [-0.1, -0.05) is 31.9 Å². The molecule has 2 aromatic rings. The number of rotatable bonds is 4. The normalized spacial score (nSPS) is 22.1. The van der Waals surface area contributed by atoms with Gasteiger partial charge in [0.2, 0.25) is 0 Å². The van der Waals surface area contributed by atoms with Gasteiger partial charge in [-0.15, -0.1) is 0 Å². The molecule has 1 aliphatic rings. The Labute approximate surface area is 125 Å². The van der Waals surface area contributed by atoms with Crippen LogP contribution >= 0.6 is 0 Å². The topological polar surface area (TPSA) is 60.7 Å². The Morgan fingerprint density at radius 1 is 1.10 bits per heavy atom. The smallest absolute Gasteiger partial charge is 0.264 e. The Bertz CT molecular complexity index is 618. The van der Waals surface area contributed by atoms with E-state index in [1.54, 1.807) is 6.07 Å². The second kappa shape index (κ2) is 6.20. The van der Waals surface area contributed by atoms with Crippen molar-refractivity contribution in [2.75, 3.05) is 11.9 Å². The number of nitrogens with one attached hydrogen (secondary N) is 3. The summed E-state index contributed by atoms with van der Waals surface area (Å²) in [7, 11) is 0. The van der Waals surface area contributed by atoms with Gasteiger partial charge in [0.05, 0.1) is 5.69 Å². The van der Waals surface area contributed by atoms with E-state index in [0.29, 0.717) is 0 Å². The number of anilines is 1. The van der Waals surface area contributed by atoms with E-state index >= 15 is 0 Å². The van der Waals surface area contributed by atoms with Gasteiger partial charge in [-0.25, -0.2) is 0 Å². The third-order valence-electron chi connectivity index (χ3n) is 4.52. The lowest BCUT2D eigenvalue weighted by Crippen LogP contribution is -2.20. The second-order valence-electron chi connectivity index (χ2n) is 6.26. The fourth-order valence-corrected chi connectivity index (χ4v) is 3.05. The Morgan fingerprint density at radius 2 is 1.81 bits per heavy atom.